The maximum Gasteiger partial charge on any atom is 0.336 e. The minimum absolute atomic E-state index is 0.0977. The van der Waals surface area contributed by atoms with Gasteiger partial charge >= 0.3 is 5.97 Å². The highest BCUT2D eigenvalue weighted by atomic mass is 35.5. The van der Waals surface area contributed by atoms with E-state index in [-0.39, 0.29) is 6.04 Å². The van der Waals surface area contributed by atoms with Crippen LogP contribution in [0.4, 0.5) is 0 Å². The topological polar surface area (TPSA) is 40.5 Å². The van der Waals surface area contributed by atoms with Gasteiger partial charge in [-0.25, -0.2) is 4.79 Å². The SMILES string of the molecule is CC(c1ccccc1Cl)N(C)Cc1ccccc1C(=O)O. The lowest BCUT2D eigenvalue weighted by Gasteiger charge is -2.26. The Morgan fingerprint density at radius 1 is 1.19 bits per heavy atom. The molecular formula is C17H18ClNO2. The molecular weight excluding hydrogens is 286 g/mol. The number of carbonyl (C=O) groups is 1. The van der Waals surface area contributed by atoms with Gasteiger partial charge in [-0.05, 0) is 37.2 Å². The normalized spacial score (nSPS) is 12.4. The van der Waals surface area contributed by atoms with E-state index in [1.54, 1.807) is 12.1 Å². The lowest BCUT2D eigenvalue weighted by Crippen LogP contribution is -2.23. The summed E-state index contributed by atoms with van der Waals surface area (Å²) in [6, 6.07) is 14.9. The Labute approximate surface area is 129 Å². The highest BCUT2D eigenvalue weighted by molar-refractivity contribution is 6.31. The fraction of sp³-hybridized carbons (Fsp3) is 0.235. The molecule has 0 aliphatic carbocycles. The molecule has 0 aliphatic heterocycles. The molecule has 1 unspecified atom stereocenters. The molecule has 0 heterocycles. The lowest BCUT2D eigenvalue weighted by atomic mass is 10.0. The molecule has 4 heteroatoms. The summed E-state index contributed by atoms with van der Waals surface area (Å²) in [5.74, 6) is -0.899. The third-order valence-electron chi connectivity index (χ3n) is 3.68. The van der Waals surface area contributed by atoms with Crippen molar-refractivity contribution in [1.82, 2.24) is 4.90 Å². The Balaban J connectivity index is 2.20. The van der Waals surface area contributed by atoms with Crippen LogP contribution in [0.25, 0.3) is 0 Å². The number of nitrogens with zero attached hydrogens (tertiary/aromatic N) is 1. The molecule has 2 aromatic rings. The number of carboxylic acid groups (broad SMARTS) is 1. The largest absolute Gasteiger partial charge is 0.478 e. The summed E-state index contributed by atoms with van der Waals surface area (Å²) in [6.45, 7) is 2.61. The van der Waals surface area contributed by atoms with Gasteiger partial charge in [0.25, 0.3) is 0 Å². The quantitative estimate of drug-likeness (QED) is 0.898. The van der Waals surface area contributed by atoms with Gasteiger partial charge in [-0.15, -0.1) is 0 Å². The molecule has 0 saturated heterocycles. The fourth-order valence-electron chi connectivity index (χ4n) is 2.32. The summed E-state index contributed by atoms with van der Waals surface area (Å²) < 4.78 is 0. The number of halogens is 1. The van der Waals surface area contributed by atoms with E-state index >= 15 is 0 Å². The smallest absolute Gasteiger partial charge is 0.336 e. The second-order valence-corrected chi connectivity index (χ2v) is 5.48. The van der Waals surface area contributed by atoms with Gasteiger partial charge in [0, 0.05) is 17.6 Å². The molecule has 0 radical (unpaired) electrons. The van der Waals surface area contributed by atoms with Crippen LogP contribution in [0.1, 0.15) is 34.5 Å². The van der Waals surface area contributed by atoms with Crippen LogP contribution in [-0.2, 0) is 6.54 Å². The van der Waals surface area contributed by atoms with E-state index in [4.69, 9.17) is 11.6 Å². The number of hydrogen-bond donors (Lipinski definition) is 1. The van der Waals surface area contributed by atoms with E-state index < -0.39 is 5.97 Å². The molecule has 0 fully saturated rings. The van der Waals surface area contributed by atoms with Crippen molar-refractivity contribution in [2.45, 2.75) is 19.5 Å². The number of hydrogen-bond acceptors (Lipinski definition) is 2. The van der Waals surface area contributed by atoms with E-state index in [2.05, 4.69) is 11.8 Å². The fourth-order valence-corrected chi connectivity index (χ4v) is 2.62. The van der Waals surface area contributed by atoms with Crippen molar-refractivity contribution in [1.29, 1.82) is 0 Å². The molecule has 0 amide bonds. The first-order valence-corrected chi connectivity index (χ1v) is 7.14. The first kappa shape index (κ1) is 15.5. The predicted octanol–water partition coefficient (Wildman–Crippen LogP) is 4.23. The van der Waals surface area contributed by atoms with Crippen LogP contribution in [0.2, 0.25) is 5.02 Å². The summed E-state index contributed by atoms with van der Waals surface area (Å²) in [6.07, 6.45) is 0. The van der Waals surface area contributed by atoms with Gasteiger partial charge in [0.15, 0.2) is 0 Å². The molecule has 110 valence electrons. The van der Waals surface area contributed by atoms with Crippen LogP contribution >= 0.6 is 11.6 Å². The molecule has 0 saturated carbocycles. The van der Waals surface area contributed by atoms with Crippen molar-refractivity contribution in [2.75, 3.05) is 7.05 Å². The minimum atomic E-state index is -0.899. The van der Waals surface area contributed by atoms with Crippen LogP contribution in [0.15, 0.2) is 48.5 Å². The average Bonchev–Trinajstić information content (AvgIpc) is 2.47. The van der Waals surface area contributed by atoms with Crippen LogP contribution < -0.4 is 0 Å². The first-order chi connectivity index (χ1) is 10.0. The Morgan fingerprint density at radius 2 is 1.81 bits per heavy atom. The maximum absolute atomic E-state index is 11.3. The van der Waals surface area contributed by atoms with Crippen molar-refractivity contribution < 1.29 is 9.90 Å². The molecule has 0 spiro atoms. The van der Waals surface area contributed by atoms with Crippen LogP contribution in [0, 0.1) is 0 Å². The molecule has 0 bridgehead atoms. The van der Waals surface area contributed by atoms with Crippen LogP contribution in [-0.4, -0.2) is 23.0 Å². The Hall–Kier alpha value is -1.84. The van der Waals surface area contributed by atoms with Gasteiger partial charge in [-0.1, -0.05) is 48.0 Å². The minimum Gasteiger partial charge on any atom is -0.478 e. The van der Waals surface area contributed by atoms with Crippen molar-refractivity contribution in [3.63, 3.8) is 0 Å². The summed E-state index contributed by atoms with van der Waals surface area (Å²) in [4.78, 5) is 13.3. The molecule has 0 aliphatic rings. The summed E-state index contributed by atoms with van der Waals surface area (Å²) in [5, 5.41) is 9.96. The molecule has 0 aromatic heterocycles. The molecule has 21 heavy (non-hydrogen) atoms. The Morgan fingerprint density at radius 3 is 2.48 bits per heavy atom. The first-order valence-electron chi connectivity index (χ1n) is 6.76. The van der Waals surface area contributed by atoms with Gasteiger partial charge in [0.2, 0.25) is 0 Å². The highest BCUT2D eigenvalue weighted by Gasteiger charge is 2.17. The van der Waals surface area contributed by atoms with Crippen molar-refractivity contribution >= 4 is 17.6 Å². The van der Waals surface area contributed by atoms with Gasteiger partial charge in [-0.2, -0.15) is 0 Å². The zero-order valence-corrected chi connectivity index (χ0v) is 12.8. The Bertz CT molecular complexity index is 642. The highest BCUT2D eigenvalue weighted by Crippen LogP contribution is 2.27. The molecule has 2 rings (SSSR count). The standard InChI is InChI=1S/C17H18ClNO2/c1-12(14-8-5-6-10-16(14)18)19(2)11-13-7-3-4-9-15(13)17(20)21/h3-10,12H,11H2,1-2H3,(H,20,21). The van der Waals surface area contributed by atoms with E-state index in [1.807, 2.05) is 43.4 Å². The van der Waals surface area contributed by atoms with E-state index in [1.165, 1.54) is 0 Å². The zero-order valence-electron chi connectivity index (χ0n) is 12.1. The molecule has 2 aromatic carbocycles. The van der Waals surface area contributed by atoms with Gasteiger partial charge < -0.3 is 5.11 Å². The monoisotopic (exact) mass is 303 g/mol. The van der Waals surface area contributed by atoms with Crippen molar-refractivity contribution in [3.05, 3.63) is 70.2 Å². The second kappa shape index (κ2) is 6.74. The summed E-state index contributed by atoms with van der Waals surface area (Å²) >= 11 is 6.23. The second-order valence-electron chi connectivity index (χ2n) is 5.07. The summed E-state index contributed by atoms with van der Waals surface area (Å²) in [5.41, 5.74) is 2.18. The molecule has 1 N–H and O–H groups in total. The predicted molar refractivity (Wildman–Crippen MR) is 84.7 cm³/mol. The van der Waals surface area contributed by atoms with Gasteiger partial charge in [0.05, 0.1) is 5.56 Å². The molecule has 1 atom stereocenters. The Kier molecular flexibility index (Phi) is 4.99. The zero-order chi connectivity index (χ0) is 15.4. The average molecular weight is 304 g/mol. The van der Waals surface area contributed by atoms with Crippen LogP contribution in [0.5, 0.6) is 0 Å². The van der Waals surface area contributed by atoms with E-state index in [0.717, 1.165) is 16.1 Å². The van der Waals surface area contributed by atoms with E-state index in [9.17, 15) is 9.90 Å². The van der Waals surface area contributed by atoms with Crippen molar-refractivity contribution in [3.8, 4) is 0 Å². The summed E-state index contributed by atoms with van der Waals surface area (Å²) in [7, 11) is 1.96. The van der Waals surface area contributed by atoms with Crippen LogP contribution in [0.3, 0.4) is 0 Å². The van der Waals surface area contributed by atoms with Gasteiger partial charge in [-0.3, -0.25) is 4.90 Å². The molecule has 3 nitrogen and oxygen atoms in total. The number of carboxylic acids is 1. The number of rotatable bonds is 5. The number of aromatic carboxylic acids is 1. The lowest BCUT2D eigenvalue weighted by molar-refractivity contribution is 0.0694. The third-order valence-corrected chi connectivity index (χ3v) is 4.03. The van der Waals surface area contributed by atoms with Crippen molar-refractivity contribution in [2.24, 2.45) is 0 Å². The maximum atomic E-state index is 11.3. The number of benzene rings is 2. The third kappa shape index (κ3) is 3.63. The van der Waals surface area contributed by atoms with Gasteiger partial charge in [0.1, 0.15) is 0 Å². The van der Waals surface area contributed by atoms with E-state index in [0.29, 0.717) is 12.1 Å².